The Balaban J connectivity index is 1.87. The molecule has 1 aliphatic heterocycles. The van der Waals surface area contributed by atoms with Gasteiger partial charge >= 0.3 is 0 Å². The average Bonchev–Trinajstić information content (AvgIpc) is 3.06. The van der Waals surface area contributed by atoms with Crippen molar-refractivity contribution in [1.29, 1.82) is 0 Å². The van der Waals surface area contributed by atoms with Gasteiger partial charge in [0.05, 0.1) is 24.8 Å². The van der Waals surface area contributed by atoms with Crippen molar-refractivity contribution < 1.29 is 19.1 Å². The van der Waals surface area contributed by atoms with E-state index in [4.69, 9.17) is 4.42 Å². The smallest absolute Gasteiger partial charge is 0.227 e. The van der Waals surface area contributed by atoms with Crippen molar-refractivity contribution in [2.24, 2.45) is 5.92 Å². The minimum atomic E-state index is -0.430. The number of rotatable bonds is 6. The summed E-state index contributed by atoms with van der Waals surface area (Å²) in [6.45, 7) is 3.03. The summed E-state index contributed by atoms with van der Waals surface area (Å²) in [6, 6.07) is 3.60. The molecule has 0 spiro atoms. The standard InChI is InChI=1S/C15H22N2O4/c1-11(18)5-6-16(2)15(20)12-8-14(19)17(9-12)10-13-4-3-7-21-13/h3-4,7,11-12,18H,5-6,8-10H2,1-2H3. The van der Waals surface area contributed by atoms with Crippen LogP contribution in [0.2, 0.25) is 0 Å². The number of carbonyl (C=O) groups is 2. The number of hydrogen-bond acceptors (Lipinski definition) is 4. The predicted octanol–water partition coefficient (Wildman–Crippen LogP) is 0.857. The Morgan fingerprint density at radius 2 is 2.38 bits per heavy atom. The fourth-order valence-corrected chi connectivity index (χ4v) is 2.48. The van der Waals surface area contributed by atoms with Crippen LogP contribution in [0.4, 0.5) is 0 Å². The minimum Gasteiger partial charge on any atom is -0.467 e. The van der Waals surface area contributed by atoms with Crippen molar-refractivity contribution in [3.05, 3.63) is 24.2 Å². The molecule has 0 saturated carbocycles. The van der Waals surface area contributed by atoms with Crippen LogP contribution in [-0.2, 0) is 16.1 Å². The van der Waals surface area contributed by atoms with Gasteiger partial charge in [-0.15, -0.1) is 0 Å². The second-order valence-corrected chi connectivity index (χ2v) is 5.65. The van der Waals surface area contributed by atoms with E-state index in [-0.39, 0.29) is 24.2 Å². The SMILES string of the molecule is CC(O)CCN(C)C(=O)C1CC(=O)N(Cc2ccco2)C1. The van der Waals surface area contributed by atoms with Gasteiger partial charge in [-0.05, 0) is 25.5 Å². The highest BCUT2D eigenvalue weighted by Gasteiger charge is 2.35. The van der Waals surface area contributed by atoms with Gasteiger partial charge in [0.15, 0.2) is 0 Å². The monoisotopic (exact) mass is 294 g/mol. The summed E-state index contributed by atoms with van der Waals surface area (Å²) < 4.78 is 5.23. The van der Waals surface area contributed by atoms with Crippen LogP contribution in [0.1, 0.15) is 25.5 Å². The van der Waals surface area contributed by atoms with Crippen LogP contribution < -0.4 is 0 Å². The summed E-state index contributed by atoms with van der Waals surface area (Å²) >= 11 is 0. The Labute approximate surface area is 124 Å². The number of aliphatic hydroxyl groups excluding tert-OH is 1. The van der Waals surface area contributed by atoms with Gasteiger partial charge in [0.1, 0.15) is 5.76 Å². The quantitative estimate of drug-likeness (QED) is 0.844. The van der Waals surface area contributed by atoms with Crippen LogP contribution in [0.3, 0.4) is 0 Å². The van der Waals surface area contributed by atoms with Gasteiger partial charge in [0.25, 0.3) is 0 Å². The van der Waals surface area contributed by atoms with Gasteiger partial charge in [-0.1, -0.05) is 0 Å². The van der Waals surface area contributed by atoms with Gasteiger partial charge in [0.2, 0.25) is 11.8 Å². The lowest BCUT2D eigenvalue weighted by atomic mass is 10.1. The Bertz CT molecular complexity index is 484. The van der Waals surface area contributed by atoms with Crippen LogP contribution >= 0.6 is 0 Å². The molecule has 0 bridgehead atoms. The van der Waals surface area contributed by atoms with Crippen molar-refractivity contribution in [3.8, 4) is 0 Å². The molecule has 0 aromatic carbocycles. The fraction of sp³-hybridized carbons (Fsp3) is 0.600. The van der Waals surface area contributed by atoms with E-state index in [1.54, 1.807) is 36.1 Å². The van der Waals surface area contributed by atoms with E-state index in [9.17, 15) is 14.7 Å². The van der Waals surface area contributed by atoms with E-state index < -0.39 is 6.10 Å². The van der Waals surface area contributed by atoms with Gasteiger partial charge in [-0.3, -0.25) is 9.59 Å². The average molecular weight is 294 g/mol. The van der Waals surface area contributed by atoms with Crippen molar-refractivity contribution in [3.63, 3.8) is 0 Å². The molecule has 116 valence electrons. The number of hydrogen-bond donors (Lipinski definition) is 1. The number of nitrogens with zero attached hydrogens (tertiary/aromatic N) is 2. The molecular weight excluding hydrogens is 272 g/mol. The molecule has 6 heteroatoms. The third kappa shape index (κ3) is 4.07. The first-order chi connectivity index (χ1) is 9.97. The zero-order valence-corrected chi connectivity index (χ0v) is 12.5. The zero-order valence-electron chi connectivity index (χ0n) is 12.5. The summed E-state index contributed by atoms with van der Waals surface area (Å²) in [5.41, 5.74) is 0. The van der Waals surface area contributed by atoms with E-state index in [1.165, 1.54) is 0 Å². The van der Waals surface area contributed by atoms with E-state index in [0.29, 0.717) is 26.1 Å². The van der Waals surface area contributed by atoms with Gasteiger partial charge in [-0.2, -0.15) is 0 Å². The molecule has 1 aromatic rings. The second-order valence-electron chi connectivity index (χ2n) is 5.65. The van der Waals surface area contributed by atoms with Gasteiger partial charge in [0, 0.05) is 26.6 Å². The third-order valence-corrected chi connectivity index (χ3v) is 3.75. The van der Waals surface area contributed by atoms with Crippen LogP contribution in [0, 0.1) is 5.92 Å². The van der Waals surface area contributed by atoms with Crippen molar-refractivity contribution >= 4 is 11.8 Å². The second kappa shape index (κ2) is 6.76. The summed E-state index contributed by atoms with van der Waals surface area (Å²) in [4.78, 5) is 27.5. The lowest BCUT2D eigenvalue weighted by Crippen LogP contribution is -2.36. The number of amides is 2. The molecule has 2 unspecified atom stereocenters. The Morgan fingerprint density at radius 3 is 3.00 bits per heavy atom. The fourth-order valence-electron chi connectivity index (χ4n) is 2.48. The zero-order chi connectivity index (χ0) is 15.4. The Morgan fingerprint density at radius 1 is 1.62 bits per heavy atom. The minimum absolute atomic E-state index is 0.0197. The van der Waals surface area contributed by atoms with Crippen molar-refractivity contribution in [1.82, 2.24) is 9.80 Å². The topological polar surface area (TPSA) is 74.0 Å². The molecule has 0 aliphatic carbocycles. The molecule has 2 rings (SSSR count). The predicted molar refractivity (Wildman–Crippen MR) is 76.2 cm³/mol. The molecule has 1 fully saturated rings. The van der Waals surface area contributed by atoms with Crippen LogP contribution in [-0.4, -0.2) is 53.0 Å². The number of aliphatic hydroxyl groups is 1. The Kier molecular flexibility index (Phi) is 5.01. The molecule has 6 nitrogen and oxygen atoms in total. The molecule has 1 saturated heterocycles. The molecule has 1 N–H and O–H groups in total. The summed E-state index contributed by atoms with van der Waals surface area (Å²) in [7, 11) is 1.71. The Hall–Kier alpha value is -1.82. The van der Waals surface area contributed by atoms with Gasteiger partial charge < -0.3 is 19.3 Å². The summed E-state index contributed by atoms with van der Waals surface area (Å²) in [5.74, 6) is 0.366. The maximum Gasteiger partial charge on any atom is 0.227 e. The van der Waals surface area contributed by atoms with E-state index in [1.807, 2.05) is 6.07 Å². The first kappa shape index (κ1) is 15.6. The van der Waals surface area contributed by atoms with E-state index in [0.717, 1.165) is 5.76 Å². The van der Waals surface area contributed by atoms with Gasteiger partial charge in [-0.25, -0.2) is 0 Å². The number of furan rings is 1. The third-order valence-electron chi connectivity index (χ3n) is 3.75. The highest BCUT2D eigenvalue weighted by atomic mass is 16.3. The van der Waals surface area contributed by atoms with Crippen LogP contribution in [0.25, 0.3) is 0 Å². The molecule has 1 aromatic heterocycles. The molecule has 21 heavy (non-hydrogen) atoms. The van der Waals surface area contributed by atoms with E-state index in [2.05, 4.69) is 0 Å². The molecule has 2 atom stereocenters. The highest BCUT2D eigenvalue weighted by molar-refractivity contribution is 5.89. The molecule has 2 amide bonds. The maximum absolute atomic E-state index is 12.3. The summed E-state index contributed by atoms with van der Waals surface area (Å²) in [5, 5.41) is 9.27. The van der Waals surface area contributed by atoms with Crippen LogP contribution in [0.5, 0.6) is 0 Å². The number of carbonyl (C=O) groups excluding carboxylic acids is 2. The van der Waals surface area contributed by atoms with E-state index >= 15 is 0 Å². The maximum atomic E-state index is 12.3. The lowest BCUT2D eigenvalue weighted by molar-refractivity contribution is -0.134. The van der Waals surface area contributed by atoms with Crippen molar-refractivity contribution in [2.75, 3.05) is 20.1 Å². The van der Waals surface area contributed by atoms with Crippen molar-refractivity contribution in [2.45, 2.75) is 32.4 Å². The molecule has 1 aliphatic rings. The molecular formula is C15H22N2O4. The summed E-state index contributed by atoms with van der Waals surface area (Å²) in [6.07, 6.45) is 1.93. The van der Waals surface area contributed by atoms with Crippen LogP contribution in [0.15, 0.2) is 22.8 Å². The first-order valence-electron chi connectivity index (χ1n) is 7.20. The highest BCUT2D eigenvalue weighted by Crippen LogP contribution is 2.22. The number of likely N-dealkylation sites (tertiary alicyclic amines) is 1. The molecule has 2 heterocycles. The lowest BCUT2D eigenvalue weighted by Gasteiger charge is -2.21. The normalized spacial score (nSPS) is 19.9. The molecule has 0 radical (unpaired) electrons. The largest absolute Gasteiger partial charge is 0.467 e. The first-order valence-corrected chi connectivity index (χ1v) is 7.20.